The van der Waals surface area contributed by atoms with Crippen LogP contribution >= 0.6 is 11.8 Å². The molecule has 0 radical (unpaired) electrons. The Morgan fingerprint density at radius 2 is 2.39 bits per heavy atom. The minimum absolute atomic E-state index is 0.0289. The minimum atomic E-state index is -0.482. The van der Waals surface area contributed by atoms with E-state index in [4.69, 9.17) is 0 Å². The zero-order valence-corrected chi connectivity index (χ0v) is 10.4. The number of hydrogen-bond acceptors (Lipinski definition) is 5. The SMILES string of the molecule is O=C(Nc1cccc([N+](=O)[O-])c1)C1CSCCN1. The van der Waals surface area contributed by atoms with Crippen molar-refractivity contribution in [2.45, 2.75) is 6.04 Å². The van der Waals surface area contributed by atoms with Gasteiger partial charge in [-0.1, -0.05) is 6.07 Å². The molecule has 1 amide bonds. The second kappa shape index (κ2) is 5.83. The molecule has 1 fully saturated rings. The fraction of sp³-hybridized carbons (Fsp3) is 0.364. The first kappa shape index (κ1) is 12.8. The smallest absolute Gasteiger partial charge is 0.271 e. The van der Waals surface area contributed by atoms with Crippen LogP contribution in [0.5, 0.6) is 0 Å². The number of carbonyl (C=O) groups excluding carboxylic acids is 1. The predicted molar refractivity (Wildman–Crippen MR) is 70.8 cm³/mol. The number of nitrogens with one attached hydrogen (secondary N) is 2. The predicted octanol–water partition coefficient (Wildman–Crippen LogP) is 1.24. The van der Waals surface area contributed by atoms with Crippen molar-refractivity contribution < 1.29 is 9.72 Å². The van der Waals surface area contributed by atoms with E-state index >= 15 is 0 Å². The van der Waals surface area contributed by atoms with E-state index in [9.17, 15) is 14.9 Å². The van der Waals surface area contributed by atoms with Crippen molar-refractivity contribution in [3.8, 4) is 0 Å². The van der Waals surface area contributed by atoms with E-state index in [1.54, 1.807) is 23.9 Å². The van der Waals surface area contributed by atoms with E-state index in [1.165, 1.54) is 12.1 Å². The van der Waals surface area contributed by atoms with E-state index < -0.39 is 4.92 Å². The quantitative estimate of drug-likeness (QED) is 0.636. The Balaban J connectivity index is 2.02. The molecule has 7 heteroatoms. The van der Waals surface area contributed by atoms with Gasteiger partial charge in [-0.25, -0.2) is 0 Å². The second-order valence-electron chi connectivity index (χ2n) is 3.88. The van der Waals surface area contributed by atoms with Crippen LogP contribution in [0.15, 0.2) is 24.3 Å². The lowest BCUT2D eigenvalue weighted by molar-refractivity contribution is -0.384. The Morgan fingerprint density at radius 3 is 3.06 bits per heavy atom. The van der Waals surface area contributed by atoms with Crippen molar-refractivity contribution in [1.82, 2.24) is 5.32 Å². The van der Waals surface area contributed by atoms with Crippen LogP contribution in [0.3, 0.4) is 0 Å². The molecule has 1 unspecified atom stereocenters. The summed E-state index contributed by atoms with van der Waals surface area (Å²) in [5.74, 6) is 1.57. The minimum Gasteiger partial charge on any atom is -0.324 e. The molecule has 1 aliphatic rings. The molecule has 0 saturated carbocycles. The van der Waals surface area contributed by atoms with E-state index in [0.717, 1.165) is 18.1 Å². The molecule has 2 N–H and O–H groups in total. The fourth-order valence-corrected chi connectivity index (χ4v) is 2.59. The van der Waals surface area contributed by atoms with Crippen molar-refractivity contribution in [1.29, 1.82) is 0 Å². The molecule has 1 aromatic carbocycles. The average molecular weight is 267 g/mol. The summed E-state index contributed by atoms with van der Waals surface area (Å²) in [7, 11) is 0. The van der Waals surface area contributed by atoms with E-state index in [1.807, 2.05) is 0 Å². The van der Waals surface area contributed by atoms with Crippen LogP contribution in [-0.2, 0) is 4.79 Å². The van der Waals surface area contributed by atoms with Crippen LogP contribution in [0.4, 0.5) is 11.4 Å². The van der Waals surface area contributed by atoms with Gasteiger partial charge in [0.25, 0.3) is 5.69 Å². The first-order chi connectivity index (χ1) is 8.66. The zero-order valence-electron chi connectivity index (χ0n) is 9.59. The van der Waals surface area contributed by atoms with Crippen molar-refractivity contribution in [3.63, 3.8) is 0 Å². The topological polar surface area (TPSA) is 84.3 Å². The molecule has 1 aromatic rings. The highest BCUT2D eigenvalue weighted by Gasteiger charge is 2.21. The summed E-state index contributed by atoms with van der Waals surface area (Å²) in [4.78, 5) is 22.0. The lowest BCUT2D eigenvalue weighted by atomic mass is 10.2. The molecule has 96 valence electrons. The Kier molecular flexibility index (Phi) is 4.16. The van der Waals surface area contributed by atoms with Crippen LogP contribution in [0, 0.1) is 10.1 Å². The number of nitro benzene ring substituents is 1. The molecule has 1 atom stereocenters. The standard InChI is InChI=1S/C11H13N3O3S/c15-11(10-7-18-5-4-12-10)13-8-2-1-3-9(6-8)14(16)17/h1-3,6,10,12H,4-5,7H2,(H,13,15). The first-order valence-electron chi connectivity index (χ1n) is 5.53. The molecule has 18 heavy (non-hydrogen) atoms. The Bertz CT molecular complexity index is 461. The number of amides is 1. The molecule has 2 rings (SSSR count). The van der Waals surface area contributed by atoms with Crippen LogP contribution in [0.1, 0.15) is 0 Å². The summed E-state index contributed by atoms with van der Waals surface area (Å²) < 4.78 is 0. The third-order valence-corrected chi connectivity index (χ3v) is 3.62. The molecule has 1 heterocycles. The van der Waals surface area contributed by atoms with Gasteiger partial charge in [0.15, 0.2) is 0 Å². The van der Waals surface area contributed by atoms with Gasteiger partial charge >= 0.3 is 0 Å². The zero-order chi connectivity index (χ0) is 13.0. The molecule has 1 saturated heterocycles. The lowest BCUT2D eigenvalue weighted by Gasteiger charge is -2.22. The number of anilines is 1. The van der Waals surface area contributed by atoms with Gasteiger partial charge in [-0.15, -0.1) is 0 Å². The average Bonchev–Trinajstić information content (AvgIpc) is 2.40. The maximum Gasteiger partial charge on any atom is 0.271 e. The molecular formula is C11H13N3O3S. The van der Waals surface area contributed by atoms with Crippen molar-refractivity contribution in [3.05, 3.63) is 34.4 Å². The third-order valence-electron chi connectivity index (χ3n) is 2.56. The number of benzene rings is 1. The largest absolute Gasteiger partial charge is 0.324 e. The van der Waals surface area contributed by atoms with Crippen LogP contribution in [-0.4, -0.2) is 34.9 Å². The number of nitrogens with zero attached hydrogens (tertiary/aromatic N) is 1. The van der Waals surface area contributed by atoms with E-state index in [2.05, 4.69) is 10.6 Å². The van der Waals surface area contributed by atoms with Gasteiger partial charge in [0.2, 0.25) is 5.91 Å². The highest BCUT2D eigenvalue weighted by Crippen LogP contribution is 2.18. The van der Waals surface area contributed by atoms with Gasteiger partial charge in [0, 0.05) is 35.9 Å². The van der Waals surface area contributed by atoms with Crippen molar-refractivity contribution in [2.24, 2.45) is 0 Å². The van der Waals surface area contributed by atoms with Gasteiger partial charge in [0.1, 0.15) is 0 Å². The summed E-state index contributed by atoms with van der Waals surface area (Å²) in [6.45, 7) is 0.803. The number of hydrogen-bond donors (Lipinski definition) is 2. The molecule has 0 spiro atoms. The van der Waals surface area contributed by atoms with Crippen molar-refractivity contribution in [2.75, 3.05) is 23.4 Å². The van der Waals surface area contributed by atoms with Gasteiger partial charge in [-0.3, -0.25) is 14.9 Å². The Hall–Kier alpha value is -1.60. The van der Waals surface area contributed by atoms with E-state index in [0.29, 0.717) is 5.69 Å². The van der Waals surface area contributed by atoms with Gasteiger partial charge < -0.3 is 10.6 Å². The monoisotopic (exact) mass is 267 g/mol. The number of thioether (sulfide) groups is 1. The van der Waals surface area contributed by atoms with Crippen LogP contribution < -0.4 is 10.6 Å². The first-order valence-corrected chi connectivity index (χ1v) is 6.69. The normalized spacial score (nSPS) is 19.2. The molecular weight excluding hydrogens is 254 g/mol. The molecule has 0 aliphatic carbocycles. The van der Waals surface area contributed by atoms with Gasteiger partial charge in [0.05, 0.1) is 11.0 Å². The summed E-state index contributed by atoms with van der Waals surface area (Å²) in [6.07, 6.45) is 0. The summed E-state index contributed by atoms with van der Waals surface area (Å²) in [6, 6.07) is 5.71. The fourth-order valence-electron chi connectivity index (χ4n) is 1.66. The Labute approximate surface area is 108 Å². The number of carbonyl (C=O) groups is 1. The highest BCUT2D eigenvalue weighted by atomic mass is 32.2. The van der Waals surface area contributed by atoms with Crippen molar-refractivity contribution >= 4 is 29.0 Å². The molecule has 1 aliphatic heterocycles. The Morgan fingerprint density at radius 1 is 1.56 bits per heavy atom. The number of nitro groups is 1. The second-order valence-corrected chi connectivity index (χ2v) is 5.03. The third kappa shape index (κ3) is 3.21. The molecule has 0 aromatic heterocycles. The number of rotatable bonds is 3. The van der Waals surface area contributed by atoms with Gasteiger partial charge in [-0.05, 0) is 6.07 Å². The highest BCUT2D eigenvalue weighted by molar-refractivity contribution is 7.99. The van der Waals surface area contributed by atoms with Crippen LogP contribution in [0.2, 0.25) is 0 Å². The number of non-ortho nitro benzene ring substituents is 1. The van der Waals surface area contributed by atoms with Gasteiger partial charge in [-0.2, -0.15) is 11.8 Å². The molecule has 0 bridgehead atoms. The summed E-state index contributed by atoms with van der Waals surface area (Å²) in [5.41, 5.74) is 0.422. The summed E-state index contributed by atoms with van der Waals surface area (Å²) >= 11 is 1.72. The lowest BCUT2D eigenvalue weighted by Crippen LogP contribution is -2.46. The molecule has 6 nitrogen and oxygen atoms in total. The van der Waals surface area contributed by atoms with Crippen LogP contribution in [0.25, 0.3) is 0 Å². The maximum absolute atomic E-state index is 11.9. The summed E-state index contributed by atoms with van der Waals surface area (Å²) in [5, 5.41) is 16.4. The van der Waals surface area contributed by atoms with E-state index in [-0.39, 0.29) is 17.6 Å². The maximum atomic E-state index is 11.9.